The number of rotatable bonds is 7. The Labute approximate surface area is 142 Å². The zero-order valence-corrected chi connectivity index (χ0v) is 13.8. The zero-order chi connectivity index (χ0) is 17.7. The Morgan fingerprint density at radius 3 is 2.42 bits per heavy atom. The number of Topliss-reactive ketones (excluding diaryl/α,β-unsaturated/α-hetero) is 1. The Kier molecular flexibility index (Phi) is 5.81. The van der Waals surface area contributed by atoms with Crippen molar-refractivity contribution in [1.29, 1.82) is 0 Å². The van der Waals surface area contributed by atoms with Crippen molar-refractivity contribution in [3.63, 3.8) is 0 Å². The minimum Gasteiger partial charge on any atom is -0.466 e. The third-order valence-electron chi connectivity index (χ3n) is 3.32. The van der Waals surface area contributed by atoms with Gasteiger partial charge in [-0.3, -0.25) is 14.4 Å². The van der Waals surface area contributed by atoms with Gasteiger partial charge in [0, 0.05) is 16.9 Å². The number of carbonyl (C=O) groups is 3. The SMILES string of the molecule is CCOC(=O)Cc1scc(CC(=O)c2ccc(F)cc2)c1C(N)=O. The van der Waals surface area contributed by atoms with E-state index in [9.17, 15) is 18.8 Å². The lowest BCUT2D eigenvalue weighted by atomic mass is 10.00. The fourth-order valence-electron chi connectivity index (χ4n) is 2.25. The smallest absolute Gasteiger partial charge is 0.311 e. The summed E-state index contributed by atoms with van der Waals surface area (Å²) < 4.78 is 17.8. The van der Waals surface area contributed by atoms with Crippen LogP contribution in [0.15, 0.2) is 29.6 Å². The molecule has 5 nitrogen and oxygen atoms in total. The maximum Gasteiger partial charge on any atom is 0.311 e. The van der Waals surface area contributed by atoms with Gasteiger partial charge in [-0.05, 0) is 42.1 Å². The number of carbonyl (C=O) groups excluding carboxylic acids is 3. The Bertz CT molecular complexity index is 767. The van der Waals surface area contributed by atoms with Crippen LogP contribution in [0.3, 0.4) is 0 Å². The van der Waals surface area contributed by atoms with Crippen LogP contribution in [0.1, 0.15) is 38.1 Å². The van der Waals surface area contributed by atoms with Crippen molar-refractivity contribution < 1.29 is 23.5 Å². The molecule has 0 atom stereocenters. The van der Waals surface area contributed by atoms with Gasteiger partial charge < -0.3 is 10.5 Å². The van der Waals surface area contributed by atoms with Gasteiger partial charge in [0.2, 0.25) is 5.91 Å². The van der Waals surface area contributed by atoms with Gasteiger partial charge in [0.15, 0.2) is 5.78 Å². The van der Waals surface area contributed by atoms with Crippen LogP contribution in [0, 0.1) is 5.82 Å². The van der Waals surface area contributed by atoms with Crippen LogP contribution in [0.25, 0.3) is 0 Å². The highest BCUT2D eigenvalue weighted by Crippen LogP contribution is 2.25. The summed E-state index contributed by atoms with van der Waals surface area (Å²) in [7, 11) is 0. The van der Waals surface area contributed by atoms with E-state index in [1.54, 1.807) is 12.3 Å². The maximum absolute atomic E-state index is 12.9. The van der Waals surface area contributed by atoms with Crippen molar-refractivity contribution in [2.75, 3.05) is 6.61 Å². The molecule has 0 bridgehead atoms. The van der Waals surface area contributed by atoms with Crippen LogP contribution in [-0.4, -0.2) is 24.3 Å². The summed E-state index contributed by atoms with van der Waals surface area (Å²) in [5, 5.41) is 1.63. The molecule has 0 fully saturated rings. The molecule has 0 radical (unpaired) electrons. The van der Waals surface area contributed by atoms with Gasteiger partial charge in [-0.2, -0.15) is 0 Å². The van der Waals surface area contributed by atoms with Gasteiger partial charge in [-0.15, -0.1) is 11.3 Å². The predicted molar refractivity (Wildman–Crippen MR) is 87.6 cm³/mol. The Morgan fingerprint density at radius 1 is 1.17 bits per heavy atom. The molecule has 0 spiro atoms. The lowest BCUT2D eigenvalue weighted by molar-refractivity contribution is -0.142. The number of benzene rings is 1. The highest BCUT2D eigenvalue weighted by molar-refractivity contribution is 7.10. The van der Waals surface area contributed by atoms with E-state index in [1.807, 2.05) is 0 Å². The summed E-state index contributed by atoms with van der Waals surface area (Å²) in [4.78, 5) is 36.1. The third-order valence-corrected chi connectivity index (χ3v) is 4.35. The number of primary amides is 1. The standard InChI is InChI=1S/C17H16FNO4S/c1-2-23-15(21)8-14-16(17(19)22)11(9-24-14)7-13(20)10-3-5-12(18)6-4-10/h3-6,9H,2,7-8H2,1H3,(H2,19,22). The molecule has 1 heterocycles. The topological polar surface area (TPSA) is 86.5 Å². The lowest BCUT2D eigenvalue weighted by Gasteiger charge is -2.05. The number of halogens is 1. The Hall–Kier alpha value is -2.54. The van der Waals surface area contributed by atoms with Crippen LogP contribution in [0.5, 0.6) is 0 Å². The van der Waals surface area contributed by atoms with E-state index in [1.165, 1.54) is 35.6 Å². The second-order valence-corrected chi connectivity index (χ2v) is 5.98. The first kappa shape index (κ1) is 17.8. The number of hydrogen-bond acceptors (Lipinski definition) is 5. The van der Waals surface area contributed by atoms with Gasteiger partial charge in [-0.25, -0.2) is 4.39 Å². The first-order valence-electron chi connectivity index (χ1n) is 7.25. The first-order valence-corrected chi connectivity index (χ1v) is 8.13. The van der Waals surface area contributed by atoms with Crippen molar-refractivity contribution in [2.45, 2.75) is 19.8 Å². The number of nitrogens with two attached hydrogens (primary N) is 1. The number of ether oxygens (including phenoxy) is 1. The molecule has 1 aromatic heterocycles. The Morgan fingerprint density at radius 2 is 1.83 bits per heavy atom. The second-order valence-electron chi connectivity index (χ2n) is 5.01. The van der Waals surface area contributed by atoms with Crippen LogP contribution >= 0.6 is 11.3 Å². The number of amides is 1. The Balaban J connectivity index is 2.22. The van der Waals surface area contributed by atoms with Crippen molar-refractivity contribution >= 4 is 29.0 Å². The molecule has 0 aliphatic carbocycles. The van der Waals surface area contributed by atoms with Gasteiger partial charge in [0.05, 0.1) is 18.6 Å². The largest absolute Gasteiger partial charge is 0.466 e. The summed E-state index contributed by atoms with van der Waals surface area (Å²) in [6.07, 6.45) is -0.120. The summed E-state index contributed by atoms with van der Waals surface area (Å²) in [6, 6.07) is 5.16. The first-order chi connectivity index (χ1) is 11.4. The number of hydrogen-bond donors (Lipinski definition) is 1. The number of thiophene rings is 1. The van der Waals surface area contributed by atoms with Crippen LogP contribution < -0.4 is 5.73 Å². The molecule has 2 aromatic rings. The molecule has 0 saturated heterocycles. The quantitative estimate of drug-likeness (QED) is 0.615. The van der Waals surface area contributed by atoms with Crippen molar-refractivity contribution in [1.82, 2.24) is 0 Å². The summed E-state index contributed by atoms with van der Waals surface area (Å²) in [5.74, 6) is -1.86. The van der Waals surface area contributed by atoms with E-state index in [-0.39, 0.29) is 30.8 Å². The minimum absolute atomic E-state index is 0.0524. The summed E-state index contributed by atoms with van der Waals surface area (Å²) >= 11 is 1.18. The van der Waals surface area contributed by atoms with E-state index < -0.39 is 17.7 Å². The van der Waals surface area contributed by atoms with Gasteiger partial charge in [0.25, 0.3) is 0 Å². The summed E-state index contributed by atoms with van der Waals surface area (Å²) in [5.41, 5.74) is 6.38. The van der Waals surface area contributed by atoms with E-state index >= 15 is 0 Å². The normalized spacial score (nSPS) is 10.4. The molecule has 24 heavy (non-hydrogen) atoms. The average molecular weight is 349 g/mol. The molecule has 0 saturated carbocycles. The fourth-order valence-corrected chi connectivity index (χ4v) is 3.29. The molecule has 0 unspecified atom stereocenters. The molecule has 2 N–H and O–H groups in total. The van der Waals surface area contributed by atoms with Crippen LogP contribution in [0.2, 0.25) is 0 Å². The molecule has 0 aliphatic rings. The van der Waals surface area contributed by atoms with Crippen molar-refractivity contribution in [3.05, 3.63) is 57.0 Å². The zero-order valence-electron chi connectivity index (χ0n) is 13.0. The second kappa shape index (κ2) is 7.83. The fraction of sp³-hybridized carbons (Fsp3) is 0.235. The van der Waals surface area contributed by atoms with E-state index in [0.29, 0.717) is 16.0 Å². The monoisotopic (exact) mass is 349 g/mol. The molecule has 1 amide bonds. The molecular formula is C17H16FNO4S. The molecular weight excluding hydrogens is 333 g/mol. The van der Waals surface area contributed by atoms with E-state index in [4.69, 9.17) is 10.5 Å². The van der Waals surface area contributed by atoms with Crippen LogP contribution in [0.4, 0.5) is 4.39 Å². The van der Waals surface area contributed by atoms with Gasteiger partial charge >= 0.3 is 5.97 Å². The number of ketones is 1. The highest BCUT2D eigenvalue weighted by atomic mass is 32.1. The lowest BCUT2D eigenvalue weighted by Crippen LogP contribution is -2.17. The molecule has 2 rings (SSSR count). The van der Waals surface area contributed by atoms with E-state index in [0.717, 1.165) is 0 Å². The minimum atomic E-state index is -0.697. The predicted octanol–water partition coefficient (Wildman–Crippen LogP) is 2.52. The van der Waals surface area contributed by atoms with Gasteiger partial charge in [-0.1, -0.05) is 0 Å². The molecule has 1 aromatic carbocycles. The van der Waals surface area contributed by atoms with E-state index in [2.05, 4.69) is 0 Å². The average Bonchev–Trinajstić information content (AvgIpc) is 2.90. The number of esters is 1. The van der Waals surface area contributed by atoms with Crippen molar-refractivity contribution in [3.8, 4) is 0 Å². The van der Waals surface area contributed by atoms with Crippen LogP contribution in [-0.2, 0) is 22.4 Å². The molecule has 126 valence electrons. The van der Waals surface area contributed by atoms with Gasteiger partial charge in [0.1, 0.15) is 5.82 Å². The maximum atomic E-state index is 12.9. The van der Waals surface area contributed by atoms with Crippen molar-refractivity contribution in [2.24, 2.45) is 5.73 Å². The molecule has 0 aliphatic heterocycles. The third kappa shape index (κ3) is 4.26. The molecule has 7 heteroatoms. The highest BCUT2D eigenvalue weighted by Gasteiger charge is 2.21. The summed E-state index contributed by atoms with van der Waals surface area (Å²) in [6.45, 7) is 1.93.